The van der Waals surface area contributed by atoms with Crippen LogP contribution in [0.1, 0.15) is 32.6 Å². The highest BCUT2D eigenvalue weighted by Gasteiger charge is 2.34. The Hall–Kier alpha value is -1.39. The van der Waals surface area contributed by atoms with Gasteiger partial charge in [-0.3, -0.25) is 4.79 Å². The summed E-state index contributed by atoms with van der Waals surface area (Å²) in [6, 6.07) is 9.50. The van der Waals surface area contributed by atoms with Crippen LogP contribution in [0.4, 0.5) is 5.69 Å². The van der Waals surface area contributed by atoms with E-state index < -0.39 is 5.60 Å². The zero-order valence-electron chi connectivity index (χ0n) is 11.4. The SMILES string of the molecule is CC(CC(=O)Nc1ccccc1)NCC1(O)CCC1. The van der Waals surface area contributed by atoms with Gasteiger partial charge in [0.2, 0.25) is 5.91 Å². The standard InChI is InChI=1S/C15H22N2O2/c1-12(16-11-15(19)8-5-9-15)10-14(18)17-13-6-3-2-4-7-13/h2-4,6-7,12,16,19H,5,8-11H2,1H3,(H,17,18). The zero-order valence-corrected chi connectivity index (χ0v) is 11.4. The molecule has 1 saturated carbocycles. The molecule has 3 N–H and O–H groups in total. The lowest BCUT2D eigenvalue weighted by atomic mass is 9.80. The van der Waals surface area contributed by atoms with Gasteiger partial charge in [-0.2, -0.15) is 0 Å². The van der Waals surface area contributed by atoms with Crippen LogP contribution in [-0.2, 0) is 4.79 Å². The highest BCUT2D eigenvalue weighted by molar-refractivity contribution is 5.90. The van der Waals surface area contributed by atoms with E-state index in [1.54, 1.807) is 0 Å². The van der Waals surface area contributed by atoms with Crippen LogP contribution in [0.25, 0.3) is 0 Å². The lowest BCUT2D eigenvalue weighted by Gasteiger charge is -2.37. The van der Waals surface area contributed by atoms with Crippen molar-refractivity contribution in [3.8, 4) is 0 Å². The van der Waals surface area contributed by atoms with Crippen LogP contribution in [0.3, 0.4) is 0 Å². The van der Waals surface area contributed by atoms with E-state index in [0.29, 0.717) is 13.0 Å². The number of hydrogen-bond acceptors (Lipinski definition) is 3. The highest BCUT2D eigenvalue weighted by atomic mass is 16.3. The molecule has 4 nitrogen and oxygen atoms in total. The second-order valence-electron chi connectivity index (χ2n) is 5.48. The Morgan fingerprint density at radius 2 is 2.05 bits per heavy atom. The van der Waals surface area contributed by atoms with E-state index in [4.69, 9.17) is 0 Å². The molecule has 4 heteroatoms. The predicted octanol–water partition coefficient (Wildman–Crippen LogP) is 1.91. The number of carbonyl (C=O) groups is 1. The molecular weight excluding hydrogens is 240 g/mol. The molecule has 2 rings (SSSR count). The summed E-state index contributed by atoms with van der Waals surface area (Å²) >= 11 is 0. The van der Waals surface area contributed by atoms with E-state index in [1.807, 2.05) is 37.3 Å². The van der Waals surface area contributed by atoms with Crippen LogP contribution in [0.15, 0.2) is 30.3 Å². The van der Waals surface area contributed by atoms with Crippen molar-refractivity contribution >= 4 is 11.6 Å². The van der Waals surface area contributed by atoms with Gasteiger partial charge in [0.05, 0.1) is 5.60 Å². The summed E-state index contributed by atoms with van der Waals surface area (Å²) in [5.74, 6) is -0.00759. The summed E-state index contributed by atoms with van der Waals surface area (Å²) in [6.45, 7) is 2.54. The molecule has 1 aliphatic rings. The molecule has 0 bridgehead atoms. The topological polar surface area (TPSA) is 61.4 Å². The Balaban J connectivity index is 1.69. The van der Waals surface area contributed by atoms with Crippen LogP contribution in [0, 0.1) is 0 Å². The van der Waals surface area contributed by atoms with Gasteiger partial charge in [-0.05, 0) is 38.3 Å². The fraction of sp³-hybridized carbons (Fsp3) is 0.533. The van der Waals surface area contributed by atoms with Crippen LogP contribution in [0.2, 0.25) is 0 Å². The molecule has 0 aliphatic heterocycles. The van der Waals surface area contributed by atoms with E-state index in [0.717, 1.165) is 24.9 Å². The van der Waals surface area contributed by atoms with Crippen molar-refractivity contribution in [2.75, 3.05) is 11.9 Å². The van der Waals surface area contributed by atoms with Crippen LogP contribution >= 0.6 is 0 Å². The van der Waals surface area contributed by atoms with Crippen molar-refractivity contribution in [1.82, 2.24) is 5.32 Å². The van der Waals surface area contributed by atoms with Gasteiger partial charge in [-0.15, -0.1) is 0 Å². The van der Waals surface area contributed by atoms with Gasteiger partial charge < -0.3 is 15.7 Å². The van der Waals surface area contributed by atoms with Gasteiger partial charge in [0.25, 0.3) is 0 Å². The average molecular weight is 262 g/mol. The lowest BCUT2D eigenvalue weighted by Crippen LogP contribution is -2.48. The lowest BCUT2D eigenvalue weighted by molar-refractivity contribution is -0.116. The summed E-state index contributed by atoms with van der Waals surface area (Å²) < 4.78 is 0. The summed E-state index contributed by atoms with van der Waals surface area (Å²) in [5.41, 5.74) is 0.279. The maximum Gasteiger partial charge on any atom is 0.225 e. The molecule has 0 radical (unpaired) electrons. The minimum Gasteiger partial charge on any atom is -0.389 e. The quantitative estimate of drug-likeness (QED) is 0.734. The molecule has 1 aromatic rings. The van der Waals surface area contributed by atoms with Crippen molar-refractivity contribution in [3.05, 3.63) is 30.3 Å². The molecule has 1 atom stereocenters. The van der Waals surface area contributed by atoms with E-state index in [-0.39, 0.29) is 11.9 Å². The van der Waals surface area contributed by atoms with Crippen molar-refractivity contribution in [2.24, 2.45) is 0 Å². The van der Waals surface area contributed by atoms with Crippen molar-refractivity contribution in [1.29, 1.82) is 0 Å². The second kappa shape index (κ2) is 6.17. The maximum absolute atomic E-state index is 11.8. The molecule has 1 aromatic carbocycles. The molecule has 1 fully saturated rings. The molecule has 19 heavy (non-hydrogen) atoms. The summed E-state index contributed by atoms with van der Waals surface area (Å²) in [7, 11) is 0. The first kappa shape index (κ1) is 14.0. The number of amides is 1. The maximum atomic E-state index is 11.8. The number of rotatable bonds is 6. The van der Waals surface area contributed by atoms with Crippen molar-refractivity contribution in [2.45, 2.75) is 44.2 Å². The number of hydrogen-bond donors (Lipinski definition) is 3. The van der Waals surface area contributed by atoms with E-state index in [2.05, 4.69) is 10.6 Å². The van der Waals surface area contributed by atoms with Gasteiger partial charge in [-0.25, -0.2) is 0 Å². The first-order chi connectivity index (χ1) is 9.07. The minimum absolute atomic E-state index is 0.00759. The van der Waals surface area contributed by atoms with Gasteiger partial charge in [-0.1, -0.05) is 18.2 Å². The fourth-order valence-electron chi connectivity index (χ4n) is 2.21. The van der Waals surface area contributed by atoms with Gasteiger partial charge >= 0.3 is 0 Å². The largest absolute Gasteiger partial charge is 0.389 e. The number of para-hydroxylation sites is 1. The normalized spacial score (nSPS) is 18.4. The number of anilines is 1. The number of benzene rings is 1. The summed E-state index contributed by atoms with van der Waals surface area (Å²) in [4.78, 5) is 11.8. The molecule has 0 aromatic heterocycles. The third-order valence-corrected chi connectivity index (χ3v) is 3.61. The number of nitrogens with one attached hydrogen (secondary N) is 2. The Morgan fingerprint density at radius 1 is 1.37 bits per heavy atom. The average Bonchev–Trinajstić information content (AvgIpc) is 2.35. The Kier molecular flexibility index (Phi) is 4.56. The Labute approximate surface area is 114 Å². The van der Waals surface area contributed by atoms with Gasteiger partial charge in [0.1, 0.15) is 0 Å². The summed E-state index contributed by atoms with van der Waals surface area (Å²) in [6.07, 6.45) is 3.23. The van der Waals surface area contributed by atoms with Gasteiger partial charge in [0, 0.05) is 24.7 Å². The third-order valence-electron chi connectivity index (χ3n) is 3.61. The number of aliphatic hydroxyl groups is 1. The third kappa shape index (κ3) is 4.33. The smallest absolute Gasteiger partial charge is 0.225 e. The molecular formula is C15H22N2O2. The zero-order chi connectivity index (χ0) is 13.7. The van der Waals surface area contributed by atoms with Crippen molar-refractivity contribution < 1.29 is 9.90 Å². The van der Waals surface area contributed by atoms with E-state index in [1.165, 1.54) is 0 Å². The van der Waals surface area contributed by atoms with E-state index >= 15 is 0 Å². The molecule has 1 amide bonds. The van der Waals surface area contributed by atoms with Crippen LogP contribution in [0.5, 0.6) is 0 Å². The summed E-state index contributed by atoms with van der Waals surface area (Å²) in [5, 5.41) is 16.1. The Bertz CT molecular complexity index is 415. The van der Waals surface area contributed by atoms with Gasteiger partial charge in [0.15, 0.2) is 0 Å². The molecule has 0 spiro atoms. The molecule has 1 unspecified atom stereocenters. The monoisotopic (exact) mass is 262 g/mol. The predicted molar refractivity (Wildman–Crippen MR) is 76.0 cm³/mol. The first-order valence-corrected chi connectivity index (χ1v) is 6.88. The number of carbonyl (C=O) groups excluding carboxylic acids is 1. The molecule has 0 saturated heterocycles. The minimum atomic E-state index is -0.538. The second-order valence-corrected chi connectivity index (χ2v) is 5.48. The van der Waals surface area contributed by atoms with E-state index in [9.17, 15) is 9.90 Å². The molecule has 104 valence electrons. The highest BCUT2D eigenvalue weighted by Crippen LogP contribution is 2.30. The molecule has 0 heterocycles. The van der Waals surface area contributed by atoms with Crippen LogP contribution in [-0.4, -0.2) is 29.2 Å². The fourth-order valence-corrected chi connectivity index (χ4v) is 2.21. The molecule has 1 aliphatic carbocycles. The first-order valence-electron chi connectivity index (χ1n) is 6.88. The van der Waals surface area contributed by atoms with Crippen molar-refractivity contribution in [3.63, 3.8) is 0 Å². The van der Waals surface area contributed by atoms with Crippen LogP contribution < -0.4 is 10.6 Å². The Morgan fingerprint density at radius 3 is 2.63 bits per heavy atom.